The summed E-state index contributed by atoms with van der Waals surface area (Å²) in [6.07, 6.45) is 1.56. The Morgan fingerprint density at radius 3 is 2.48 bits per heavy atom. The van der Waals surface area contributed by atoms with Crippen LogP contribution in [-0.2, 0) is 4.79 Å². The molecule has 0 heterocycles. The lowest BCUT2D eigenvalue weighted by atomic mass is 10.1. The van der Waals surface area contributed by atoms with Crippen LogP contribution in [0.25, 0.3) is 6.08 Å². The maximum atomic E-state index is 12.5. The third-order valence-corrected chi connectivity index (χ3v) is 3.75. The molecule has 0 aliphatic heterocycles. The summed E-state index contributed by atoms with van der Waals surface area (Å²) < 4.78 is 10.4. The second kappa shape index (κ2) is 8.02. The molecule has 2 rings (SSSR count). The first-order chi connectivity index (χ1) is 12.0. The van der Waals surface area contributed by atoms with Gasteiger partial charge in [0.15, 0.2) is 0 Å². The molecule has 0 saturated heterocycles. The van der Waals surface area contributed by atoms with E-state index >= 15 is 0 Å². The summed E-state index contributed by atoms with van der Waals surface area (Å²) in [5.41, 5.74) is 3.21. The first-order valence-corrected chi connectivity index (χ1v) is 7.71. The van der Waals surface area contributed by atoms with E-state index in [2.05, 4.69) is 5.32 Å². The number of nitriles is 1. The summed E-state index contributed by atoms with van der Waals surface area (Å²) >= 11 is 0. The Kier molecular flexibility index (Phi) is 5.80. The molecule has 2 aromatic carbocycles. The van der Waals surface area contributed by atoms with Gasteiger partial charge in [-0.25, -0.2) is 0 Å². The maximum absolute atomic E-state index is 12.5. The summed E-state index contributed by atoms with van der Waals surface area (Å²) in [6.45, 7) is 3.81. The fourth-order valence-corrected chi connectivity index (χ4v) is 2.35. The van der Waals surface area contributed by atoms with Crippen LogP contribution in [0.5, 0.6) is 11.5 Å². The van der Waals surface area contributed by atoms with Crippen LogP contribution in [0.1, 0.15) is 16.7 Å². The molecule has 25 heavy (non-hydrogen) atoms. The minimum absolute atomic E-state index is 0.0110. The SMILES string of the molecule is COc1ccc(/C=C(\C#N)C(=O)Nc2cc(C)ccc2OC)c(C)c1. The zero-order valence-electron chi connectivity index (χ0n) is 14.7. The first-order valence-electron chi connectivity index (χ1n) is 7.71. The van der Waals surface area contributed by atoms with Crippen LogP contribution in [-0.4, -0.2) is 20.1 Å². The number of ether oxygens (including phenoxy) is 2. The Labute approximate surface area is 147 Å². The number of aryl methyl sites for hydroxylation is 2. The second-order valence-electron chi connectivity index (χ2n) is 5.55. The third-order valence-electron chi connectivity index (χ3n) is 3.75. The number of hydrogen-bond acceptors (Lipinski definition) is 4. The van der Waals surface area contributed by atoms with Gasteiger partial charge in [0, 0.05) is 0 Å². The topological polar surface area (TPSA) is 71.3 Å². The van der Waals surface area contributed by atoms with Crippen molar-refractivity contribution in [1.29, 1.82) is 5.26 Å². The van der Waals surface area contributed by atoms with Crippen molar-refractivity contribution < 1.29 is 14.3 Å². The van der Waals surface area contributed by atoms with Gasteiger partial charge >= 0.3 is 0 Å². The van der Waals surface area contributed by atoms with Crippen LogP contribution in [0.3, 0.4) is 0 Å². The largest absolute Gasteiger partial charge is 0.497 e. The maximum Gasteiger partial charge on any atom is 0.266 e. The van der Waals surface area contributed by atoms with Crippen LogP contribution in [0.15, 0.2) is 42.0 Å². The lowest BCUT2D eigenvalue weighted by molar-refractivity contribution is -0.112. The molecule has 0 fully saturated rings. The average Bonchev–Trinajstić information content (AvgIpc) is 2.60. The molecule has 1 N–H and O–H groups in total. The third kappa shape index (κ3) is 4.39. The van der Waals surface area contributed by atoms with Crippen LogP contribution in [0, 0.1) is 25.2 Å². The van der Waals surface area contributed by atoms with Gasteiger partial charge in [-0.1, -0.05) is 12.1 Å². The molecule has 0 atom stereocenters. The summed E-state index contributed by atoms with van der Waals surface area (Å²) in [5.74, 6) is 0.778. The molecule has 0 spiro atoms. The molecule has 5 nitrogen and oxygen atoms in total. The Hall–Kier alpha value is -3.26. The molecule has 128 valence electrons. The number of nitrogens with one attached hydrogen (secondary N) is 1. The quantitative estimate of drug-likeness (QED) is 0.665. The summed E-state index contributed by atoms with van der Waals surface area (Å²) in [4.78, 5) is 12.5. The highest BCUT2D eigenvalue weighted by molar-refractivity contribution is 6.10. The predicted molar refractivity (Wildman–Crippen MR) is 97.7 cm³/mol. The summed E-state index contributed by atoms with van der Waals surface area (Å²) in [6, 6.07) is 12.9. The molecular formula is C20H20N2O3. The number of carbonyl (C=O) groups is 1. The van der Waals surface area contributed by atoms with E-state index < -0.39 is 5.91 Å². The van der Waals surface area contributed by atoms with E-state index in [1.54, 1.807) is 31.4 Å². The van der Waals surface area contributed by atoms with Crippen molar-refractivity contribution in [2.45, 2.75) is 13.8 Å². The number of methoxy groups -OCH3 is 2. The van der Waals surface area contributed by atoms with E-state index in [4.69, 9.17) is 9.47 Å². The first kappa shape index (κ1) is 18.1. The Morgan fingerprint density at radius 2 is 1.88 bits per heavy atom. The molecule has 5 heteroatoms. The van der Waals surface area contributed by atoms with Crippen molar-refractivity contribution in [2.24, 2.45) is 0 Å². The van der Waals surface area contributed by atoms with Crippen molar-refractivity contribution in [3.63, 3.8) is 0 Å². The Morgan fingerprint density at radius 1 is 1.12 bits per heavy atom. The molecule has 0 bridgehead atoms. The lowest BCUT2D eigenvalue weighted by Gasteiger charge is -2.11. The summed E-state index contributed by atoms with van der Waals surface area (Å²) in [5, 5.41) is 12.1. The average molecular weight is 336 g/mol. The van der Waals surface area contributed by atoms with E-state index in [0.717, 1.165) is 22.4 Å². The van der Waals surface area contributed by atoms with Crippen LogP contribution in [0.4, 0.5) is 5.69 Å². The summed E-state index contributed by atoms with van der Waals surface area (Å²) in [7, 11) is 3.12. The van der Waals surface area contributed by atoms with Crippen molar-refractivity contribution >= 4 is 17.7 Å². The van der Waals surface area contributed by atoms with Gasteiger partial charge in [0.1, 0.15) is 23.1 Å². The zero-order valence-corrected chi connectivity index (χ0v) is 14.7. The molecular weight excluding hydrogens is 316 g/mol. The Bertz CT molecular complexity index is 864. The van der Waals surface area contributed by atoms with E-state index in [0.29, 0.717) is 11.4 Å². The van der Waals surface area contributed by atoms with Gasteiger partial charge in [0.05, 0.1) is 19.9 Å². The molecule has 0 saturated carbocycles. The van der Waals surface area contributed by atoms with Crippen LogP contribution in [0.2, 0.25) is 0 Å². The van der Waals surface area contributed by atoms with Gasteiger partial charge in [-0.3, -0.25) is 4.79 Å². The molecule has 0 aliphatic rings. The number of anilines is 1. The number of carbonyl (C=O) groups excluding carboxylic acids is 1. The molecule has 0 unspecified atom stereocenters. The second-order valence-corrected chi connectivity index (χ2v) is 5.55. The highest BCUT2D eigenvalue weighted by atomic mass is 16.5. The predicted octanol–water partition coefficient (Wildman–Crippen LogP) is 3.87. The van der Waals surface area contributed by atoms with Gasteiger partial charge in [0.25, 0.3) is 5.91 Å². The van der Waals surface area contributed by atoms with Gasteiger partial charge in [-0.05, 0) is 60.9 Å². The number of nitrogens with zero attached hydrogens (tertiary/aromatic N) is 1. The molecule has 0 radical (unpaired) electrons. The number of amides is 1. The van der Waals surface area contributed by atoms with Gasteiger partial charge in [0.2, 0.25) is 0 Å². The molecule has 2 aromatic rings. The zero-order chi connectivity index (χ0) is 18.4. The lowest BCUT2D eigenvalue weighted by Crippen LogP contribution is -2.14. The molecule has 1 amide bonds. The van der Waals surface area contributed by atoms with Crippen LogP contribution < -0.4 is 14.8 Å². The van der Waals surface area contributed by atoms with Gasteiger partial charge < -0.3 is 14.8 Å². The van der Waals surface area contributed by atoms with Crippen LogP contribution >= 0.6 is 0 Å². The fourth-order valence-electron chi connectivity index (χ4n) is 2.35. The minimum Gasteiger partial charge on any atom is -0.497 e. The van der Waals surface area contributed by atoms with Gasteiger partial charge in [-0.2, -0.15) is 5.26 Å². The van der Waals surface area contributed by atoms with E-state index in [1.165, 1.54) is 7.11 Å². The van der Waals surface area contributed by atoms with Crippen molar-refractivity contribution in [3.05, 3.63) is 58.7 Å². The minimum atomic E-state index is -0.485. The highest BCUT2D eigenvalue weighted by Crippen LogP contribution is 2.26. The number of rotatable bonds is 5. The molecule has 0 aromatic heterocycles. The van der Waals surface area contributed by atoms with Crippen molar-refractivity contribution in [3.8, 4) is 17.6 Å². The number of hydrogen-bond donors (Lipinski definition) is 1. The highest BCUT2D eigenvalue weighted by Gasteiger charge is 2.13. The normalized spacial score (nSPS) is 10.8. The smallest absolute Gasteiger partial charge is 0.266 e. The van der Waals surface area contributed by atoms with Crippen molar-refractivity contribution in [1.82, 2.24) is 0 Å². The van der Waals surface area contributed by atoms with E-state index in [-0.39, 0.29) is 5.57 Å². The Balaban J connectivity index is 2.30. The molecule has 0 aliphatic carbocycles. The monoisotopic (exact) mass is 336 g/mol. The van der Waals surface area contributed by atoms with Gasteiger partial charge in [-0.15, -0.1) is 0 Å². The van der Waals surface area contributed by atoms with E-state index in [1.807, 2.05) is 38.1 Å². The standard InChI is InChI=1S/C20H20N2O3/c1-13-5-8-19(25-4)18(9-13)22-20(23)16(12-21)11-15-6-7-17(24-3)10-14(15)2/h5-11H,1-4H3,(H,22,23)/b16-11+. The van der Waals surface area contributed by atoms with Crippen molar-refractivity contribution in [2.75, 3.05) is 19.5 Å². The fraction of sp³-hybridized carbons (Fsp3) is 0.200. The number of benzene rings is 2. The van der Waals surface area contributed by atoms with E-state index in [9.17, 15) is 10.1 Å².